The molecule has 0 bridgehead atoms. The van der Waals surface area contributed by atoms with E-state index < -0.39 is 0 Å². The average Bonchev–Trinajstić information content (AvgIpc) is 2.27. The molecule has 0 amide bonds. The lowest BCUT2D eigenvalue weighted by atomic mass is 9.99. The van der Waals surface area contributed by atoms with Crippen LogP contribution in [0.5, 0.6) is 0 Å². The molecule has 0 radical (unpaired) electrons. The van der Waals surface area contributed by atoms with Crippen molar-refractivity contribution in [1.82, 2.24) is 10.2 Å². The van der Waals surface area contributed by atoms with Crippen molar-refractivity contribution in [2.24, 2.45) is 5.92 Å². The second-order valence-electron chi connectivity index (χ2n) is 4.74. The Bertz CT molecular complexity index is 158. The molecule has 0 aromatic rings. The smallest absolute Gasteiger partial charge is 0.0469 e. The fourth-order valence-corrected chi connectivity index (χ4v) is 2.09. The third-order valence-corrected chi connectivity index (χ3v) is 3.45. The molecule has 1 aliphatic heterocycles. The van der Waals surface area contributed by atoms with E-state index in [1.54, 1.807) is 0 Å². The Morgan fingerprint density at radius 3 is 2.67 bits per heavy atom. The van der Waals surface area contributed by atoms with Crippen LogP contribution in [0, 0.1) is 5.92 Å². The molecule has 1 saturated heterocycles. The summed E-state index contributed by atoms with van der Waals surface area (Å²) in [4.78, 5) is 2.49. The van der Waals surface area contributed by atoms with Crippen molar-refractivity contribution in [2.45, 2.75) is 32.2 Å². The minimum atomic E-state index is 0.681. The Morgan fingerprint density at radius 1 is 1.40 bits per heavy atom. The van der Waals surface area contributed by atoms with E-state index in [1.807, 2.05) is 7.05 Å². The van der Waals surface area contributed by atoms with Gasteiger partial charge in [0.15, 0.2) is 0 Å². The molecule has 0 aromatic heterocycles. The van der Waals surface area contributed by atoms with Crippen molar-refractivity contribution in [3.05, 3.63) is 0 Å². The van der Waals surface area contributed by atoms with Gasteiger partial charge in [-0.15, -0.1) is 0 Å². The highest BCUT2D eigenvalue weighted by molar-refractivity contribution is 4.71. The summed E-state index contributed by atoms with van der Waals surface area (Å²) in [6, 6.07) is 0.681. The maximum Gasteiger partial charge on any atom is 0.0469 e. The third kappa shape index (κ3) is 4.96. The molecule has 1 fully saturated rings. The minimum Gasteiger partial charge on any atom is -0.381 e. The molecular weight excluding hydrogens is 188 g/mol. The van der Waals surface area contributed by atoms with Crippen LogP contribution in [0.4, 0.5) is 0 Å². The summed E-state index contributed by atoms with van der Waals surface area (Å²) in [5, 5.41) is 3.21. The van der Waals surface area contributed by atoms with Crippen LogP contribution in [-0.4, -0.2) is 51.3 Å². The molecule has 1 heterocycles. The Hall–Kier alpha value is -0.120. The van der Waals surface area contributed by atoms with E-state index in [1.165, 1.54) is 25.8 Å². The zero-order valence-corrected chi connectivity index (χ0v) is 10.5. The Balaban J connectivity index is 2.17. The summed E-state index contributed by atoms with van der Waals surface area (Å²) in [5.74, 6) is 0.848. The SMILES string of the molecule is CNCCC(C)N(C)CC1CCOCC1. The van der Waals surface area contributed by atoms with Crippen molar-refractivity contribution >= 4 is 0 Å². The van der Waals surface area contributed by atoms with Gasteiger partial charge in [-0.3, -0.25) is 0 Å². The molecule has 1 atom stereocenters. The highest BCUT2D eigenvalue weighted by atomic mass is 16.5. The zero-order valence-electron chi connectivity index (χ0n) is 10.5. The van der Waals surface area contributed by atoms with E-state index in [4.69, 9.17) is 4.74 Å². The molecule has 0 saturated carbocycles. The molecule has 1 rings (SSSR count). The van der Waals surface area contributed by atoms with Crippen LogP contribution in [0.1, 0.15) is 26.2 Å². The largest absolute Gasteiger partial charge is 0.381 e. The molecule has 0 aromatic carbocycles. The van der Waals surface area contributed by atoms with E-state index in [2.05, 4.69) is 24.2 Å². The third-order valence-electron chi connectivity index (χ3n) is 3.45. The number of hydrogen-bond acceptors (Lipinski definition) is 3. The topological polar surface area (TPSA) is 24.5 Å². The lowest BCUT2D eigenvalue weighted by Crippen LogP contribution is -2.36. The molecule has 3 heteroatoms. The number of hydrogen-bond donors (Lipinski definition) is 1. The maximum atomic E-state index is 5.38. The number of rotatable bonds is 6. The molecule has 15 heavy (non-hydrogen) atoms. The van der Waals surface area contributed by atoms with E-state index in [9.17, 15) is 0 Å². The first-order chi connectivity index (χ1) is 7.24. The monoisotopic (exact) mass is 214 g/mol. The van der Waals surface area contributed by atoms with Gasteiger partial charge in [-0.05, 0) is 52.7 Å². The van der Waals surface area contributed by atoms with Crippen LogP contribution < -0.4 is 5.32 Å². The summed E-state index contributed by atoms with van der Waals surface area (Å²) < 4.78 is 5.38. The van der Waals surface area contributed by atoms with Gasteiger partial charge in [0, 0.05) is 25.8 Å². The summed E-state index contributed by atoms with van der Waals surface area (Å²) >= 11 is 0. The first-order valence-corrected chi connectivity index (χ1v) is 6.16. The quantitative estimate of drug-likeness (QED) is 0.722. The van der Waals surface area contributed by atoms with E-state index >= 15 is 0 Å². The van der Waals surface area contributed by atoms with Gasteiger partial charge in [0.2, 0.25) is 0 Å². The van der Waals surface area contributed by atoms with Gasteiger partial charge in [-0.2, -0.15) is 0 Å². The molecule has 1 N–H and O–H groups in total. The van der Waals surface area contributed by atoms with Crippen LogP contribution in [0.3, 0.4) is 0 Å². The number of nitrogens with zero attached hydrogens (tertiary/aromatic N) is 1. The fourth-order valence-electron chi connectivity index (χ4n) is 2.09. The lowest BCUT2D eigenvalue weighted by Gasteiger charge is -2.31. The Morgan fingerprint density at radius 2 is 2.07 bits per heavy atom. The lowest BCUT2D eigenvalue weighted by molar-refractivity contribution is 0.0509. The van der Waals surface area contributed by atoms with Crippen molar-refractivity contribution in [2.75, 3.05) is 40.4 Å². The summed E-state index contributed by atoms with van der Waals surface area (Å²) in [5.41, 5.74) is 0. The van der Waals surface area contributed by atoms with Crippen LogP contribution in [0.2, 0.25) is 0 Å². The van der Waals surface area contributed by atoms with Crippen LogP contribution in [-0.2, 0) is 4.74 Å². The van der Waals surface area contributed by atoms with E-state index in [-0.39, 0.29) is 0 Å². The van der Waals surface area contributed by atoms with Gasteiger partial charge >= 0.3 is 0 Å². The molecule has 1 aliphatic rings. The van der Waals surface area contributed by atoms with Crippen LogP contribution in [0.25, 0.3) is 0 Å². The van der Waals surface area contributed by atoms with Crippen LogP contribution >= 0.6 is 0 Å². The van der Waals surface area contributed by atoms with E-state index in [0.29, 0.717) is 6.04 Å². The predicted molar refractivity (Wildman–Crippen MR) is 64.2 cm³/mol. The van der Waals surface area contributed by atoms with Gasteiger partial charge in [0.05, 0.1) is 0 Å². The predicted octanol–water partition coefficient (Wildman–Crippen LogP) is 1.34. The molecule has 90 valence electrons. The highest BCUT2D eigenvalue weighted by Gasteiger charge is 2.18. The number of nitrogens with one attached hydrogen (secondary N) is 1. The first-order valence-electron chi connectivity index (χ1n) is 6.16. The minimum absolute atomic E-state index is 0.681. The highest BCUT2D eigenvalue weighted by Crippen LogP contribution is 2.16. The number of ether oxygens (including phenoxy) is 1. The summed E-state index contributed by atoms with van der Waals surface area (Å²) in [6.07, 6.45) is 3.71. The summed E-state index contributed by atoms with van der Waals surface area (Å²) in [6.45, 7) is 6.58. The molecule has 3 nitrogen and oxygen atoms in total. The van der Waals surface area contributed by atoms with Crippen LogP contribution in [0.15, 0.2) is 0 Å². The fraction of sp³-hybridized carbons (Fsp3) is 1.00. The summed E-state index contributed by atoms with van der Waals surface area (Å²) in [7, 11) is 4.26. The van der Waals surface area contributed by atoms with Crippen molar-refractivity contribution in [3.63, 3.8) is 0 Å². The second kappa shape index (κ2) is 7.20. The molecule has 0 aliphatic carbocycles. The van der Waals surface area contributed by atoms with Gasteiger partial charge in [0.25, 0.3) is 0 Å². The first kappa shape index (κ1) is 12.9. The Labute approximate surface area is 94.2 Å². The zero-order chi connectivity index (χ0) is 11.1. The van der Waals surface area contributed by atoms with Crippen molar-refractivity contribution in [3.8, 4) is 0 Å². The van der Waals surface area contributed by atoms with Gasteiger partial charge in [0.1, 0.15) is 0 Å². The van der Waals surface area contributed by atoms with E-state index in [0.717, 1.165) is 25.7 Å². The molecular formula is C12H26N2O. The van der Waals surface area contributed by atoms with Crippen molar-refractivity contribution in [1.29, 1.82) is 0 Å². The van der Waals surface area contributed by atoms with Gasteiger partial charge in [-0.1, -0.05) is 0 Å². The standard InChI is InChI=1S/C12H26N2O/c1-11(4-7-13-2)14(3)10-12-5-8-15-9-6-12/h11-13H,4-10H2,1-3H3. The maximum absolute atomic E-state index is 5.38. The second-order valence-corrected chi connectivity index (χ2v) is 4.74. The van der Waals surface area contributed by atoms with Crippen molar-refractivity contribution < 1.29 is 4.74 Å². The normalized spacial score (nSPS) is 20.8. The van der Waals surface area contributed by atoms with Gasteiger partial charge in [-0.25, -0.2) is 0 Å². The average molecular weight is 214 g/mol. The van der Waals surface area contributed by atoms with Gasteiger partial charge < -0.3 is 15.0 Å². The molecule has 0 spiro atoms. The molecule has 1 unspecified atom stereocenters. The Kier molecular flexibility index (Phi) is 6.22.